The van der Waals surface area contributed by atoms with Crippen LogP contribution >= 0.6 is 0 Å². The zero-order chi connectivity index (χ0) is 26.8. The average molecular weight is 524 g/mol. The average Bonchev–Trinajstić information content (AvgIpc) is 3.58. The number of aromatic nitrogens is 7. The van der Waals surface area contributed by atoms with Gasteiger partial charge in [0.05, 0.1) is 34.0 Å². The highest BCUT2D eigenvalue weighted by molar-refractivity contribution is 5.93. The Morgan fingerprint density at radius 3 is 2.58 bits per heavy atom. The van der Waals surface area contributed by atoms with Gasteiger partial charge < -0.3 is 9.84 Å². The summed E-state index contributed by atoms with van der Waals surface area (Å²) in [6, 6.07) is 25.3. The zero-order valence-corrected chi connectivity index (χ0v) is 21.3. The van der Waals surface area contributed by atoms with Crippen LogP contribution in [0.1, 0.15) is 28.3 Å². The molecule has 3 aromatic carbocycles. The molecule has 1 atom stereocenters. The van der Waals surface area contributed by atoms with E-state index in [4.69, 9.17) is 19.9 Å². The first-order valence-corrected chi connectivity index (χ1v) is 12.9. The third kappa shape index (κ3) is 3.24. The van der Waals surface area contributed by atoms with Crippen molar-refractivity contribution in [1.29, 1.82) is 0 Å². The molecule has 7 aromatic rings. The number of aromatic hydroxyl groups is 1. The van der Waals surface area contributed by atoms with Crippen molar-refractivity contribution in [1.82, 2.24) is 34.3 Å². The molecule has 0 unspecified atom stereocenters. The van der Waals surface area contributed by atoms with E-state index in [1.54, 1.807) is 17.0 Å². The Morgan fingerprint density at radius 1 is 0.875 bits per heavy atom. The number of fused-ring (bicyclic) bond motifs is 5. The second-order valence-electron chi connectivity index (χ2n) is 9.72. The van der Waals surface area contributed by atoms with E-state index < -0.39 is 0 Å². The lowest BCUT2D eigenvalue weighted by Crippen LogP contribution is -2.16. The molecule has 0 amide bonds. The van der Waals surface area contributed by atoms with Gasteiger partial charge >= 0.3 is 0 Å². The summed E-state index contributed by atoms with van der Waals surface area (Å²) in [4.78, 5) is 14.0. The van der Waals surface area contributed by atoms with Gasteiger partial charge in [-0.15, -0.1) is 5.10 Å². The van der Waals surface area contributed by atoms with Crippen LogP contribution in [0.3, 0.4) is 0 Å². The number of nitrogens with zero attached hydrogens (tertiary/aromatic N) is 7. The van der Waals surface area contributed by atoms with E-state index in [0.29, 0.717) is 28.8 Å². The first-order valence-electron chi connectivity index (χ1n) is 12.9. The van der Waals surface area contributed by atoms with Crippen LogP contribution in [-0.4, -0.2) is 39.5 Å². The van der Waals surface area contributed by atoms with Crippen LogP contribution in [0.25, 0.3) is 33.5 Å². The topological polar surface area (TPSA) is 103 Å². The molecule has 4 aromatic heterocycles. The maximum Gasteiger partial charge on any atom is 0.230 e. The van der Waals surface area contributed by atoms with E-state index in [-0.39, 0.29) is 11.7 Å². The normalized spacial score (nSPS) is 14.2. The molecule has 8 rings (SSSR count). The van der Waals surface area contributed by atoms with Crippen molar-refractivity contribution in [2.75, 3.05) is 0 Å². The van der Waals surface area contributed by atoms with Crippen LogP contribution in [0.4, 0.5) is 0 Å². The van der Waals surface area contributed by atoms with E-state index in [2.05, 4.69) is 9.97 Å². The van der Waals surface area contributed by atoms with Gasteiger partial charge in [0, 0.05) is 17.8 Å². The second kappa shape index (κ2) is 8.47. The number of phenolic OH excluding ortho intramolecular Hbond substituents is 1. The van der Waals surface area contributed by atoms with Crippen molar-refractivity contribution in [3.05, 3.63) is 120 Å². The van der Waals surface area contributed by atoms with Gasteiger partial charge in [-0.3, -0.25) is 4.98 Å². The summed E-state index contributed by atoms with van der Waals surface area (Å²) in [5, 5.41) is 22.4. The predicted molar refractivity (Wildman–Crippen MR) is 149 cm³/mol. The Kier molecular flexibility index (Phi) is 4.75. The van der Waals surface area contributed by atoms with Crippen LogP contribution in [-0.2, 0) is 0 Å². The monoisotopic (exact) mass is 523 g/mol. The number of hydrogen-bond acceptors (Lipinski definition) is 7. The first kappa shape index (κ1) is 22.4. The Bertz CT molecular complexity index is 2070. The number of pyridine rings is 1. The minimum Gasteiger partial charge on any atom is -0.507 e. The number of para-hydroxylation sites is 1. The lowest BCUT2D eigenvalue weighted by atomic mass is 9.85. The number of phenols is 1. The SMILES string of the molecule is Cc1nn(-c2ccccc2)c2c1[C@H](c1cccnc1)c1c(ncn3nc(-c4ccc5ccccc5c4O)nc13)O2. The first-order chi connectivity index (χ1) is 19.7. The minimum atomic E-state index is -0.302. The van der Waals surface area contributed by atoms with E-state index >= 15 is 0 Å². The van der Waals surface area contributed by atoms with Crippen molar-refractivity contribution in [2.45, 2.75) is 12.8 Å². The highest BCUT2D eigenvalue weighted by Crippen LogP contribution is 2.49. The lowest BCUT2D eigenvalue weighted by Gasteiger charge is -2.26. The van der Waals surface area contributed by atoms with E-state index in [1.807, 2.05) is 96.7 Å². The molecule has 0 aliphatic carbocycles. The summed E-state index contributed by atoms with van der Waals surface area (Å²) >= 11 is 0. The van der Waals surface area contributed by atoms with Gasteiger partial charge in [-0.1, -0.05) is 54.6 Å². The molecule has 9 heteroatoms. The van der Waals surface area contributed by atoms with E-state index in [9.17, 15) is 5.11 Å². The molecule has 0 bridgehead atoms. The molecule has 9 nitrogen and oxygen atoms in total. The molecule has 0 fully saturated rings. The predicted octanol–water partition coefficient (Wildman–Crippen LogP) is 5.83. The van der Waals surface area contributed by atoms with Crippen LogP contribution in [0, 0.1) is 6.92 Å². The van der Waals surface area contributed by atoms with Gasteiger partial charge in [0.1, 0.15) is 12.1 Å². The van der Waals surface area contributed by atoms with Gasteiger partial charge in [-0.25, -0.2) is 19.2 Å². The third-order valence-electron chi connectivity index (χ3n) is 7.38. The largest absolute Gasteiger partial charge is 0.507 e. The molecule has 1 N–H and O–H groups in total. The number of aryl methyl sites for hydroxylation is 1. The fraction of sp³-hybridized carbons (Fsp3) is 0.0645. The fourth-order valence-electron chi connectivity index (χ4n) is 5.55. The Balaban J connectivity index is 1.37. The number of hydrogen-bond donors (Lipinski definition) is 1. The molecular formula is C31H21N7O2. The van der Waals surface area contributed by atoms with Crippen molar-refractivity contribution >= 4 is 16.4 Å². The summed E-state index contributed by atoms with van der Waals surface area (Å²) < 4.78 is 9.93. The number of ether oxygens (including phenoxy) is 1. The molecule has 40 heavy (non-hydrogen) atoms. The molecule has 1 aliphatic rings. The molecule has 0 radical (unpaired) electrons. The minimum absolute atomic E-state index is 0.137. The maximum atomic E-state index is 11.1. The maximum absolute atomic E-state index is 11.1. The second-order valence-corrected chi connectivity index (χ2v) is 9.72. The molecule has 0 saturated carbocycles. The Labute approximate surface area is 228 Å². The smallest absolute Gasteiger partial charge is 0.230 e. The molecule has 0 saturated heterocycles. The van der Waals surface area contributed by atoms with Crippen molar-refractivity contribution in [3.63, 3.8) is 0 Å². The van der Waals surface area contributed by atoms with Gasteiger partial charge in [-0.05, 0) is 42.1 Å². The van der Waals surface area contributed by atoms with Crippen LogP contribution < -0.4 is 4.74 Å². The highest BCUT2D eigenvalue weighted by atomic mass is 16.5. The van der Waals surface area contributed by atoms with Crippen LogP contribution in [0.2, 0.25) is 0 Å². The number of rotatable bonds is 3. The molecule has 192 valence electrons. The van der Waals surface area contributed by atoms with E-state index in [1.165, 1.54) is 0 Å². The van der Waals surface area contributed by atoms with Gasteiger partial charge in [0.2, 0.25) is 11.8 Å². The van der Waals surface area contributed by atoms with Gasteiger partial charge in [0.25, 0.3) is 0 Å². The van der Waals surface area contributed by atoms with Crippen molar-refractivity contribution in [3.8, 4) is 34.6 Å². The van der Waals surface area contributed by atoms with Crippen molar-refractivity contribution < 1.29 is 9.84 Å². The zero-order valence-electron chi connectivity index (χ0n) is 21.3. The summed E-state index contributed by atoms with van der Waals surface area (Å²) in [6.45, 7) is 1.98. The van der Waals surface area contributed by atoms with Gasteiger partial charge in [0.15, 0.2) is 11.5 Å². The Morgan fingerprint density at radius 2 is 1.73 bits per heavy atom. The summed E-state index contributed by atoms with van der Waals surface area (Å²) in [5.41, 5.74) is 5.47. The molecule has 0 spiro atoms. The standard InChI is InChI=1S/C31H21N7O2/c1-18-24-25(20-9-7-15-32-16-20)26-29-34-28(23-14-13-19-8-5-6-12-22(19)27(23)39)36-37(29)17-33-30(26)40-31(24)38(35-18)21-10-3-2-4-11-21/h2-17,25,39H,1H3/t25-/m0/s1. The number of benzene rings is 3. The molecule has 5 heterocycles. The Hall–Kier alpha value is -5.57. The molecular weight excluding hydrogens is 502 g/mol. The summed E-state index contributed by atoms with van der Waals surface area (Å²) in [7, 11) is 0. The fourth-order valence-corrected chi connectivity index (χ4v) is 5.55. The molecule has 1 aliphatic heterocycles. The quantitative estimate of drug-likeness (QED) is 0.311. The van der Waals surface area contributed by atoms with Crippen molar-refractivity contribution in [2.24, 2.45) is 0 Å². The van der Waals surface area contributed by atoms with Gasteiger partial charge in [-0.2, -0.15) is 5.10 Å². The summed E-state index contributed by atoms with van der Waals surface area (Å²) in [5.74, 6) is 1.26. The van der Waals surface area contributed by atoms with Crippen LogP contribution in [0.15, 0.2) is 97.6 Å². The highest BCUT2D eigenvalue weighted by Gasteiger charge is 2.38. The summed E-state index contributed by atoms with van der Waals surface area (Å²) in [6.07, 6.45) is 5.18. The lowest BCUT2D eigenvalue weighted by molar-refractivity contribution is 0.402. The van der Waals surface area contributed by atoms with E-state index in [0.717, 1.165) is 38.8 Å². The van der Waals surface area contributed by atoms with Crippen LogP contribution in [0.5, 0.6) is 17.5 Å². The third-order valence-corrected chi connectivity index (χ3v) is 7.38.